The predicted molar refractivity (Wildman–Crippen MR) is 78.4 cm³/mol. The van der Waals surface area contributed by atoms with Gasteiger partial charge in [0, 0.05) is 12.5 Å². The van der Waals surface area contributed by atoms with Gasteiger partial charge in [-0.25, -0.2) is 0 Å². The van der Waals surface area contributed by atoms with E-state index in [1.165, 1.54) is 6.08 Å². The molecule has 4 N–H and O–H groups in total. The Morgan fingerprint density at radius 1 is 1.27 bits per heavy atom. The number of aliphatic carboxylic acids is 3. The SMILES string of the molecule is C/C(=C\C=C\C(C)C(=O)O)[C@H]1CNC(C(=O)O)[C@H]1CC(=O)O. The largest absolute Gasteiger partial charge is 0.481 e. The van der Waals surface area contributed by atoms with E-state index >= 15 is 0 Å². The molecule has 1 aliphatic rings. The Kier molecular flexibility index (Phi) is 6.30. The van der Waals surface area contributed by atoms with Crippen LogP contribution >= 0.6 is 0 Å². The highest BCUT2D eigenvalue weighted by Gasteiger charge is 2.41. The summed E-state index contributed by atoms with van der Waals surface area (Å²) in [6, 6.07) is -0.883. The summed E-state index contributed by atoms with van der Waals surface area (Å²) in [5.74, 6) is -4.38. The molecule has 0 saturated carbocycles. The second-order valence-electron chi connectivity index (χ2n) is 5.51. The number of carboxylic acids is 3. The number of carbonyl (C=O) groups is 3. The number of nitrogens with one attached hydrogen (secondary N) is 1. The Balaban J connectivity index is 2.85. The summed E-state index contributed by atoms with van der Waals surface area (Å²) >= 11 is 0. The van der Waals surface area contributed by atoms with Gasteiger partial charge in [-0.1, -0.05) is 23.8 Å². The van der Waals surface area contributed by atoms with E-state index in [0.717, 1.165) is 5.57 Å². The topological polar surface area (TPSA) is 124 Å². The molecule has 0 aromatic heterocycles. The van der Waals surface area contributed by atoms with Crippen LogP contribution in [0.1, 0.15) is 20.3 Å². The zero-order valence-electron chi connectivity index (χ0n) is 12.5. The molecule has 0 aromatic rings. The van der Waals surface area contributed by atoms with E-state index in [4.69, 9.17) is 15.3 Å². The molecule has 122 valence electrons. The van der Waals surface area contributed by atoms with Gasteiger partial charge in [-0.3, -0.25) is 14.4 Å². The van der Waals surface area contributed by atoms with E-state index in [2.05, 4.69) is 5.32 Å². The summed E-state index contributed by atoms with van der Waals surface area (Å²) in [7, 11) is 0. The number of carboxylic acid groups (broad SMARTS) is 3. The minimum absolute atomic E-state index is 0.206. The summed E-state index contributed by atoms with van der Waals surface area (Å²) in [5, 5.41) is 29.7. The minimum atomic E-state index is -1.06. The van der Waals surface area contributed by atoms with Crippen molar-refractivity contribution < 1.29 is 29.7 Å². The van der Waals surface area contributed by atoms with Crippen LogP contribution in [-0.2, 0) is 14.4 Å². The van der Waals surface area contributed by atoms with Crippen LogP contribution in [0.5, 0.6) is 0 Å². The quantitative estimate of drug-likeness (QED) is 0.516. The van der Waals surface area contributed by atoms with Crippen molar-refractivity contribution in [1.82, 2.24) is 5.32 Å². The highest BCUT2D eigenvalue weighted by atomic mass is 16.4. The highest BCUT2D eigenvalue weighted by molar-refractivity contribution is 5.76. The van der Waals surface area contributed by atoms with Crippen molar-refractivity contribution in [2.24, 2.45) is 17.8 Å². The maximum Gasteiger partial charge on any atom is 0.321 e. The van der Waals surface area contributed by atoms with Crippen LogP contribution in [0, 0.1) is 17.8 Å². The highest BCUT2D eigenvalue weighted by Crippen LogP contribution is 2.31. The number of rotatable bonds is 7. The van der Waals surface area contributed by atoms with Crippen LogP contribution in [0.4, 0.5) is 0 Å². The zero-order chi connectivity index (χ0) is 16.9. The van der Waals surface area contributed by atoms with Gasteiger partial charge in [-0.15, -0.1) is 0 Å². The lowest BCUT2D eigenvalue weighted by Gasteiger charge is -2.20. The maximum absolute atomic E-state index is 11.2. The van der Waals surface area contributed by atoms with Crippen molar-refractivity contribution in [3.8, 4) is 0 Å². The molecule has 0 radical (unpaired) electrons. The molecule has 0 amide bonds. The van der Waals surface area contributed by atoms with Crippen LogP contribution < -0.4 is 5.32 Å². The molecule has 0 aromatic carbocycles. The van der Waals surface area contributed by atoms with Crippen LogP contribution in [0.15, 0.2) is 23.8 Å². The van der Waals surface area contributed by atoms with Gasteiger partial charge in [-0.2, -0.15) is 0 Å². The summed E-state index contributed by atoms with van der Waals surface area (Å²) in [6.45, 7) is 3.73. The van der Waals surface area contributed by atoms with Crippen LogP contribution in [0.2, 0.25) is 0 Å². The average Bonchev–Trinajstić information content (AvgIpc) is 2.81. The van der Waals surface area contributed by atoms with Gasteiger partial charge in [0.25, 0.3) is 0 Å². The van der Waals surface area contributed by atoms with Gasteiger partial charge in [0.15, 0.2) is 0 Å². The lowest BCUT2D eigenvalue weighted by Crippen LogP contribution is -2.36. The second-order valence-corrected chi connectivity index (χ2v) is 5.51. The monoisotopic (exact) mass is 311 g/mol. The molecule has 0 bridgehead atoms. The van der Waals surface area contributed by atoms with Gasteiger partial charge in [-0.05, 0) is 19.8 Å². The maximum atomic E-state index is 11.2. The Morgan fingerprint density at radius 3 is 2.41 bits per heavy atom. The summed E-state index contributed by atoms with van der Waals surface area (Å²) in [4.78, 5) is 32.8. The molecular weight excluding hydrogens is 290 g/mol. The third kappa shape index (κ3) is 4.70. The molecule has 7 nitrogen and oxygen atoms in total. The normalized spacial score (nSPS) is 27.0. The molecule has 4 atom stereocenters. The van der Waals surface area contributed by atoms with Crippen molar-refractivity contribution in [3.63, 3.8) is 0 Å². The molecule has 2 unspecified atom stereocenters. The van der Waals surface area contributed by atoms with Crippen molar-refractivity contribution in [1.29, 1.82) is 0 Å². The van der Waals surface area contributed by atoms with Gasteiger partial charge >= 0.3 is 17.9 Å². The predicted octanol–water partition coefficient (Wildman–Crippen LogP) is 0.973. The van der Waals surface area contributed by atoms with Crippen molar-refractivity contribution >= 4 is 17.9 Å². The van der Waals surface area contributed by atoms with Gasteiger partial charge in [0.05, 0.1) is 12.3 Å². The third-order valence-electron chi connectivity index (χ3n) is 3.91. The lowest BCUT2D eigenvalue weighted by molar-refractivity contribution is -0.142. The van der Waals surface area contributed by atoms with E-state index in [9.17, 15) is 14.4 Å². The zero-order valence-corrected chi connectivity index (χ0v) is 12.5. The first-order chi connectivity index (χ1) is 10.2. The van der Waals surface area contributed by atoms with Gasteiger partial charge < -0.3 is 20.6 Å². The fourth-order valence-corrected chi connectivity index (χ4v) is 2.60. The van der Waals surface area contributed by atoms with Crippen molar-refractivity contribution in [2.75, 3.05) is 6.54 Å². The molecule has 1 fully saturated rings. The first kappa shape index (κ1) is 17.9. The summed E-state index contributed by atoms with van der Waals surface area (Å²) in [5.41, 5.74) is 0.830. The molecule has 1 heterocycles. The Labute approximate surface area is 128 Å². The molecule has 0 spiro atoms. The fourth-order valence-electron chi connectivity index (χ4n) is 2.60. The van der Waals surface area contributed by atoms with E-state index in [0.29, 0.717) is 6.54 Å². The fraction of sp³-hybridized carbons (Fsp3) is 0.533. The van der Waals surface area contributed by atoms with Gasteiger partial charge in [0.1, 0.15) is 6.04 Å². The summed E-state index contributed by atoms with van der Waals surface area (Å²) in [6.07, 6.45) is 4.62. The van der Waals surface area contributed by atoms with Crippen molar-refractivity contribution in [3.05, 3.63) is 23.8 Å². The average molecular weight is 311 g/mol. The molecule has 1 rings (SSSR count). The first-order valence-electron chi connectivity index (χ1n) is 6.99. The van der Waals surface area contributed by atoms with Crippen LogP contribution in [0.3, 0.4) is 0 Å². The molecule has 0 aliphatic carbocycles. The van der Waals surface area contributed by atoms with E-state index < -0.39 is 35.8 Å². The number of hydrogen-bond acceptors (Lipinski definition) is 4. The lowest BCUT2D eigenvalue weighted by atomic mass is 9.83. The number of hydrogen-bond donors (Lipinski definition) is 4. The molecular formula is C15H21NO6. The Morgan fingerprint density at radius 2 is 1.91 bits per heavy atom. The van der Waals surface area contributed by atoms with Crippen LogP contribution in [0.25, 0.3) is 0 Å². The molecule has 22 heavy (non-hydrogen) atoms. The van der Waals surface area contributed by atoms with Crippen molar-refractivity contribution in [2.45, 2.75) is 26.3 Å². The second kappa shape index (κ2) is 7.74. The Hall–Kier alpha value is -2.15. The number of allylic oxidation sites excluding steroid dienone is 2. The van der Waals surface area contributed by atoms with E-state index in [-0.39, 0.29) is 12.3 Å². The summed E-state index contributed by atoms with van der Waals surface area (Å²) < 4.78 is 0. The van der Waals surface area contributed by atoms with Crippen LogP contribution in [-0.4, -0.2) is 45.8 Å². The van der Waals surface area contributed by atoms with Gasteiger partial charge in [0.2, 0.25) is 0 Å². The molecule has 1 saturated heterocycles. The van der Waals surface area contributed by atoms with E-state index in [1.807, 2.05) is 0 Å². The smallest absolute Gasteiger partial charge is 0.321 e. The van der Waals surface area contributed by atoms with E-state index in [1.54, 1.807) is 26.0 Å². The molecule has 7 heteroatoms. The third-order valence-corrected chi connectivity index (χ3v) is 3.91. The minimum Gasteiger partial charge on any atom is -0.481 e. The molecule has 1 aliphatic heterocycles. The Bertz CT molecular complexity index is 510. The standard InChI is InChI=1S/C15H21NO6/c1-8(4-3-5-9(2)14(19)20)11-7-16-13(15(21)22)10(11)6-12(17)18/h3-5,9-11,13,16H,6-7H2,1-2H3,(H,17,18)(H,19,20)(H,21,22)/b5-3+,8-4+/t9?,10-,11+,13?/m0/s1. The first-order valence-corrected chi connectivity index (χ1v) is 6.99.